The molecule has 0 saturated carbocycles. The van der Waals surface area contributed by atoms with E-state index in [0.717, 1.165) is 0 Å². The van der Waals surface area contributed by atoms with Gasteiger partial charge >= 0.3 is 23.9 Å². The van der Waals surface area contributed by atoms with Crippen LogP contribution in [0.5, 0.6) is 0 Å². The van der Waals surface area contributed by atoms with Crippen LogP contribution in [0.1, 0.15) is 41.4 Å². The Morgan fingerprint density at radius 1 is 0.550 bits per heavy atom. The molecule has 0 amide bonds. The van der Waals surface area contributed by atoms with E-state index >= 15 is 0 Å². The average Bonchev–Trinajstić information content (AvgIpc) is 2.29. The predicted molar refractivity (Wildman–Crippen MR) is 54.2 cm³/mol. The van der Waals surface area contributed by atoms with Gasteiger partial charge in [-0.15, -0.1) is 0 Å². The number of carboxylic acid groups (broad SMARTS) is 4. The standard InChI is InChI=1S/C10H4F2O8/c11-5-3(9(17)18)1(7(13)14)2(8(15)16)4(6(5)12)10(19)20/h(H,13,14)(H,15,16)(H,17,18)(H,19,20). The van der Waals surface area contributed by atoms with Gasteiger partial charge in [0.1, 0.15) is 11.1 Å². The molecule has 0 bridgehead atoms. The van der Waals surface area contributed by atoms with E-state index in [1.807, 2.05) is 0 Å². The summed E-state index contributed by atoms with van der Waals surface area (Å²) in [5.74, 6) is -13.5. The van der Waals surface area contributed by atoms with Gasteiger partial charge in [0.25, 0.3) is 0 Å². The Hall–Kier alpha value is -3.04. The number of hydrogen-bond acceptors (Lipinski definition) is 4. The van der Waals surface area contributed by atoms with Crippen molar-refractivity contribution in [2.24, 2.45) is 0 Å². The van der Waals surface area contributed by atoms with E-state index in [2.05, 4.69) is 0 Å². The zero-order valence-corrected chi connectivity index (χ0v) is 9.18. The van der Waals surface area contributed by atoms with Crippen molar-refractivity contribution in [3.05, 3.63) is 33.9 Å². The highest BCUT2D eigenvalue weighted by Gasteiger charge is 2.36. The Balaban J connectivity index is 4.14. The molecule has 0 aromatic heterocycles. The maximum absolute atomic E-state index is 13.5. The normalized spacial score (nSPS) is 10.1. The van der Waals surface area contributed by atoms with Crippen LogP contribution in [0.25, 0.3) is 0 Å². The molecule has 0 fully saturated rings. The van der Waals surface area contributed by atoms with E-state index in [1.54, 1.807) is 0 Å². The van der Waals surface area contributed by atoms with E-state index in [0.29, 0.717) is 0 Å². The SMILES string of the molecule is O=C(O)c1c(F)c(F)c(C(=O)O)c(C(=O)O)c1C(=O)O. The van der Waals surface area contributed by atoms with Crippen LogP contribution in [0, 0.1) is 11.6 Å². The lowest BCUT2D eigenvalue weighted by atomic mass is 9.94. The third-order valence-electron chi connectivity index (χ3n) is 2.24. The van der Waals surface area contributed by atoms with Crippen molar-refractivity contribution in [3.8, 4) is 0 Å². The topological polar surface area (TPSA) is 149 Å². The second-order valence-electron chi connectivity index (χ2n) is 3.35. The summed E-state index contributed by atoms with van der Waals surface area (Å²) in [6, 6.07) is 0. The molecule has 20 heavy (non-hydrogen) atoms. The van der Waals surface area contributed by atoms with Crippen molar-refractivity contribution in [2.45, 2.75) is 0 Å². The molecule has 1 aromatic rings. The van der Waals surface area contributed by atoms with Crippen LogP contribution in [-0.4, -0.2) is 44.3 Å². The summed E-state index contributed by atoms with van der Waals surface area (Å²) in [5, 5.41) is 34.8. The van der Waals surface area contributed by atoms with E-state index in [-0.39, 0.29) is 0 Å². The van der Waals surface area contributed by atoms with Gasteiger partial charge in [-0.1, -0.05) is 0 Å². The fourth-order valence-electron chi connectivity index (χ4n) is 1.52. The van der Waals surface area contributed by atoms with Gasteiger partial charge < -0.3 is 20.4 Å². The first-order valence-corrected chi connectivity index (χ1v) is 4.59. The van der Waals surface area contributed by atoms with Crippen LogP contribution in [0.15, 0.2) is 0 Å². The quantitative estimate of drug-likeness (QED) is 0.634. The third kappa shape index (κ3) is 2.13. The van der Waals surface area contributed by atoms with Crippen LogP contribution < -0.4 is 0 Å². The highest BCUT2D eigenvalue weighted by Crippen LogP contribution is 2.27. The van der Waals surface area contributed by atoms with Gasteiger partial charge in [0.05, 0.1) is 11.1 Å². The summed E-state index contributed by atoms with van der Waals surface area (Å²) in [5.41, 5.74) is -6.84. The van der Waals surface area contributed by atoms with Crippen LogP contribution in [-0.2, 0) is 0 Å². The first kappa shape index (κ1) is 15.0. The monoisotopic (exact) mass is 290 g/mol. The number of aromatic carboxylic acids is 4. The molecule has 0 aliphatic heterocycles. The maximum atomic E-state index is 13.5. The van der Waals surface area contributed by atoms with Crippen molar-refractivity contribution < 1.29 is 48.4 Å². The van der Waals surface area contributed by atoms with Gasteiger partial charge in [0.15, 0.2) is 11.6 Å². The van der Waals surface area contributed by atoms with E-state index < -0.39 is 57.8 Å². The molecule has 0 saturated heterocycles. The lowest BCUT2D eigenvalue weighted by Crippen LogP contribution is -2.23. The Labute approximate surface area is 107 Å². The smallest absolute Gasteiger partial charge is 0.339 e. The first-order chi connectivity index (χ1) is 9.11. The molecule has 0 unspecified atom stereocenters. The third-order valence-corrected chi connectivity index (χ3v) is 2.24. The van der Waals surface area contributed by atoms with E-state index in [9.17, 15) is 28.0 Å². The Morgan fingerprint density at radius 3 is 0.900 bits per heavy atom. The van der Waals surface area contributed by atoms with Gasteiger partial charge in [-0.05, 0) is 0 Å². The van der Waals surface area contributed by atoms with Crippen molar-refractivity contribution >= 4 is 23.9 Å². The molecule has 10 heteroatoms. The van der Waals surface area contributed by atoms with E-state index in [1.165, 1.54) is 0 Å². The Kier molecular flexibility index (Phi) is 3.69. The highest BCUT2D eigenvalue weighted by atomic mass is 19.2. The molecule has 4 N–H and O–H groups in total. The molecule has 0 heterocycles. The minimum atomic E-state index is -2.27. The number of rotatable bonds is 4. The molecule has 8 nitrogen and oxygen atoms in total. The summed E-state index contributed by atoms with van der Waals surface area (Å²) < 4.78 is 26.9. The number of carboxylic acids is 4. The summed E-state index contributed by atoms with van der Waals surface area (Å²) in [6.07, 6.45) is 0. The minimum Gasteiger partial charge on any atom is -0.478 e. The number of carbonyl (C=O) groups is 4. The highest BCUT2D eigenvalue weighted by molar-refractivity contribution is 6.14. The zero-order chi connectivity index (χ0) is 15.8. The number of hydrogen-bond donors (Lipinski definition) is 4. The molecule has 106 valence electrons. The summed E-state index contributed by atoms with van der Waals surface area (Å²) in [7, 11) is 0. The molecular formula is C10H4F2O8. The molecule has 0 atom stereocenters. The molecule has 0 aliphatic carbocycles. The van der Waals surface area contributed by atoms with Crippen molar-refractivity contribution in [1.29, 1.82) is 0 Å². The van der Waals surface area contributed by atoms with Gasteiger partial charge in [-0.2, -0.15) is 0 Å². The Bertz CT molecular complexity index is 607. The number of halogens is 2. The second-order valence-corrected chi connectivity index (χ2v) is 3.35. The summed E-state index contributed by atoms with van der Waals surface area (Å²) in [4.78, 5) is 43.3. The molecule has 0 aliphatic rings. The lowest BCUT2D eigenvalue weighted by Gasteiger charge is -2.11. The summed E-state index contributed by atoms with van der Waals surface area (Å²) in [6.45, 7) is 0. The molecule has 0 radical (unpaired) electrons. The summed E-state index contributed by atoms with van der Waals surface area (Å²) >= 11 is 0. The van der Waals surface area contributed by atoms with Crippen LogP contribution in [0.3, 0.4) is 0 Å². The Morgan fingerprint density at radius 2 is 0.750 bits per heavy atom. The lowest BCUT2D eigenvalue weighted by molar-refractivity contribution is 0.0611. The largest absolute Gasteiger partial charge is 0.478 e. The maximum Gasteiger partial charge on any atom is 0.339 e. The first-order valence-electron chi connectivity index (χ1n) is 4.59. The van der Waals surface area contributed by atoms with Crippen LogP contribution in [0.2, 0.25) is 0 Å². The van der Waals surface area contributed by atoms with Gasteiger partial charge in [-0.3, -0.25) is 0 Å². The molecular weight excluding hydrogens is 286 g/mol. The minimum absolute atomic E-state index is 1.65. The predicted octanol–water partition coefficient (Wildman–Crippen LogP) is 0.758. The number of benzene rings is 1. The van der Waals surface area contributed by atoms with Gasteiger partial charge in [-0.25, -0.2) is 28.0 Å². The zero-order valence-electron chi connectivity index (χ0n) is 9.18. The molecule has 1 rings (SSSR count). The van der Waals surface area contributed by atoms with Crippen molar-refractivity contribution in [3.63, 3.8) is 0 Å². The fourth-order valence-corrected chi connectivity index (χ4v) is 1.52. The van der Waals surface area contributed by atoms with Crippen molar-refractivity contribution in [1.82, 2.24) is 0 Å². The fraction of sp³-hybridized carbons (Fsp3) is 0. The van der Waals surface area contributed by atoms with Gasteiger partial charge in [0, 0.05) is 0 Å². The molecule has 0 spiro atoms. The second kappa shape index (κ2) is 4.91. The van der Waals surface area contributed by atoms with Crippen LogP contribution in [0.4, 0.5) is 8.78 Å². The van der Waals surface area contributed by atoms with Crippen LogP contribution >= 0.6 is 0 Å². The molecule has 1 aromatic carbocycles. The van der Waals surface area contributed by atoms with Gasteiger partial charge in [0.2, 0.25) is 0 Å². The van der Waals surface area contributed by atoms with Crippen molar-refractivity contribution in [2.75, 3.05) is 0 Å². The van der Waals surface area contributed by atoms with E-state index in [4.69, 9.17) is 20.4 Å². The average molecular weight is 290 g/mol.